The molecule has 1 heterocycles. The Morgan fingerprint density at radius 1 is 1.11 bits per heavy atom. The zero-order valence-corrected chi connectivity index (χ0v) is 16.6. The summed E-state index contributed by atoms with van der Waals surface area (Å²) in [7, 11) is 0. The molecule has 1 fully saturated rings. The van der Waals surface area contributed by atoms with Crippen LogP contribution in [0, 0.1) is 0 Å². The third-order valence-electron chi connectivity index (χ3n) is 5.00. The third kappa shape index (κ3) is 4.33. The van der Waals surface area contributed by atoms with Crippen molar-refractivity contribution in [2.24, 2.45) is 0 Å². The zero-order chi connectivity index (χ0) is 18.6. The molecule has 3 nitrogen and oxygen atoms in total. The molecule has 2 aromatic carbocycles. The largest absolute Gasteiger partial charge is 0.451 e. The molecule has 3 aromatic rings. The Morgan fingerprint density at radius 3 is 2.74 bits per heavy atom. The highest BCUT2D eigenvalue weighted by Gasteiger charge is 2.22. The second-order valence-corrected chi connectivity index (χ2v) is 8.67. The molecule has 1 aromatic heterocycles. The molecule has 4 rings (SSSR count). The second-order valence-electron chi connectivity index (χ2n) is 6.94. The van der Waals surface area contributed by atoms with Crippen molar-refractivity contribution in [3.63, 3.8) is 0 Å². The average molecular weight is 400 g/mol. The molecule has 0 atom stereocenters. The highest BCUT2D eigenvalue weighted by molar-refractivity contribution is 7.99. The third-order valence-corrected chi connectivity index (χ3v) is 6.64. The Hall–Kier alpha value is -1.91. The minimum Gasteiger partial charge on any atom is -0.451 e. The van der Waals surface area contributed by atoms with E-state index in [0.29, 0.717) is 21.7 Å². The van der Waals surface area contributed by atoms with E-state index in [2.05, 4.69) is 5.32 Å². The number of amides is 1. The van der Waals surface area contributed by atoms with Crippen molar-refractivity contribution in [2.75, 3.05) is 5.32 Å². The minimum atomic E-state index is -0.229. The Balaban J connectivity index is 1.59. The van der Waals surface area contributed by atoms with Crippen LogP contribution in [0.5, 0.6) is 0 Å². The Bertz CT molecular complexity index is 946. The number of para-hydroxylation sites is 1. The van der Waals surface area contributed by atoms with Gasteiger partial charge >= 0.3 is 0 Å². The van der Waals surface area contributed by atoms with Gasteiger partial charge in [0.05, 0.1) is 0 Å². The fourth-order valence-electron chi connectivity index (χ4n) is 3.61. The van der Waals surface area contributed by atoms with Crippen molar-refractivity contribution in [3.8, 4) is 0 Å². The molecule has 0 radical (unpaired) electrons. The zero-order valence-electron chi connectivity index (χ0n) is 15.0. The fourth-order valence-corrected chi connectivity index (χ4v) is 5.16. The van der Waals surface area contributed by atoms with Crippen LogP contribution in [-0.4, -0.2) is 11.2 Å². The molecule has 1 amide bonds. The van der Waals surface area contributed by atoms with Crippen LogP contribution < -0.4 is 5.32 Å². The Kier molecular flexibility index (Phi) is 5.74. The Morgan fingerprint density at radius 2 is 1.93 bits per heavy atom. The summed E-state index contributed by atoms with van der Waals surface area (Å²) in [4.78, 5) is 12.9. The molecular formula is C22H22ClNO2S. The van der Waals surface area contributed by atoms with Crippen LogP contribution >= 0.6 is 23.4 Å². The highest BCUT2D eigenvalue weighted by Crippen LogP contribution is 2.35. The molecule has 27 heavy (non-hydrogen) atoms. The maximum atomic E-state index is 12.9. The summed E-state index contributed by atoms with van der Waals surface area (Å²) in [5.41, 5.74) is 2.41. The lowest BCUT2D eigenvalue weighted by molar-refractivity contribution is 0.0998. The maximum Gasteiger partial charge on any atom is 0.291 e. The van der Waals surface area contributed by atoms with E-state index in [1.54, 1.807) is 12.1 Å². The lowest BCUT2D eigenvalue weighted by Crippen LogP contribution is -2.13. The van der Waals surface area contributed by atoms with E-state index in [0.717, 1.165) is 22.3 Å². The summed E-state index contributed by atoms with van der Waals surface area (Å²) >= 11 is 7.98. The van der Waals surface area contributed by atoms with E-state index in [-0.39, 0.29) is 5.91 Å². The van der Waals surface area contributed by atoms with Crippen molar-refractivity contribution >= 4 is 45.9 Å². The average Bonchev–Trinajstić information content (AvgIpc) is 3.06. The second kappa shape index (κ2) is 8.41. The lowest BCUT2D eigenvalue weighted by atomic mass is 10.0. The van der Waals surface area contributed by atoms with Crippen molar-refractivity contribution in [3.05, 3.63) is 64.9 Å². The van der Waals surface area contributed by atoms with Gasteiger partial charge < -0.3 is 9.73 Å². The van der Waals surface area contributed by atoms with Crippen LogP contribution in [0.3, 0.4) is 0 Å². The summed E-state index contributed by atoms with van der Waals surface area (Å²) in [6.45, 7) is 0. The van der Waals surface area contributed by atoms with E-state index < -0.39 is 0 Å². The number of carbonyl (C=O) groups excluding carboxylic acids is 1. The monoisotopic (exact) mass is 399 g/mol. The van der Waals surface area contributed by atoms with E-state index in [1.807, 2.05) is 48.2 Å². The van der Waals surface area contributed by atoms with Crippen molar-refractivity contribution < 1.29 is 9.21 Å². The smallest absolute Gasteiger partial charge is 0.291 e. The van der Waals surface area contributed by atoms with Gasteiger partial charge in [-0.3, -0.25) is 4.79 Å². The Labute approximate surface area is 168 Å². The van der Waals surface area contributed by atoms with Crippen LogP contribution in [0.15, 0.2) is 52.9 Å². The molecule has 0 bridgehead atoms. The normalized spacial score (nSPS) is 15.1. The van der Waals surface area contributed by atoms with Crippen LogP contribution in [0.4, 0.5) is 5.69 Å². The van der Waals surface area contributed by atoms with Gasteiger partial charge in [0.1, 0.15) is 5.58 Å². The standard InChI is InChI=1S/C22H22ClNO2S/c23-15-7-6-8-16(13-15)24-22(25)21-19(14-27-17-9-2-1-3-10-17)18-11-4-5-12-20(18)26-21/h4-8,11-13,17H,1-3,9-10,14H2,(H,24,25). The molecule has 0 unspecified atom stereocenters. The first-order valence-electron chi connectivity index (χ1n) is 9.39. The topological polar surface area (TPSA) is 42.2 Å². The number of furan rings is 1. The molecule has 0 saturated heterocycles. The van der Waals surface area contributed by atoms with E-state index in [9.17, 15) is 4.79 Å². The van der Waals surface area contributed by atoms with Crippen molar-refractivity contribution in [2.45, 2.75) is 43.1 Å². The summed E-state index contributed by atoms with van der Waals surface area (Å²) in [6, 6.07) is 15.0. The van der Waals surface area contributed by atoms with Gasteiger partial charge in [0.25, 0.3) is 5.91 Å². The number of rotatable bonds is 5. The molecule has 5 heteroatoms. The number of carbonyl (C=O) groups is 1. The van der Waals surface area contributed by atoms with Gasteiger partial charge in [-0.05, 0) is 37.1 Å². The van der Waals surface area contributed by atoms with Crippen LogP contribution in [0.1, 0.15) is 48.2 Å². The minimum absolute atomic E-state index is 0.229. The van der Waals surface area contributed by atoms with Crippen molar-refractivity contribution in [1.82, 2.24) is 0 Å². The van der Waals surface area contributed by atoms with Gasteiger partial charge in [0.15, 0.2) is 5.76 Å². The first kappa shape index (κ1) is 18.5. The van der Waals surface area contributed by atoms with E-state index in [1.165, 1.54) is 32.1 Å². The van der Waals surface area contributed by atoms with Gasteiger partial charge in [0.2, 0.25) is 0 Å². The number of benzene rings is 2. The van der Waals surface area contributed by atoms with E-state index in [4.69, 9.17) is 16.0 Å². The summed E-state index contributed by atoms with van der Waals surface area (Å²) < 4.78 is 5.94. The van der Waals surface area contributed by atoms with Gasteiger partial charge in [-0.15, -0.1) is 0 Å². The number of anilines is 1. The predicted octanol–water partition coefficient (Wildman–Crippen LogP) is 6.90. The number of hydrogen-bond donors (Lipinski definition) is 1. The molecule has 1 aliphatic rings. The summed E-state index contributed by atoms with van der Waals surface area (Å²) in [6.07, 6.45) is 6.51. The number of fused-ring (bicyclic) bond motifs is 1. The van der Waals surface area contributed by atoms with Gasteiger partial charge in [-0.1, -0.05) is 55.1 Å². The molecule has 0 spiro atoms. The number of hydrogen-bond acceptors (Lipinski definition) is 3. The molecule has 140 valence electrons. The van der Waals surface area contributed by atoms with Crippen LogP contribution in [0.25, 0.3) is 11.0 Å². The SMILES string of the molecule is O=C(Nc1cccc(Cl)c1)c1oc2ccccc2c1CSC1CCCCC1. The molecule has 1 aliphatic carbocycles. The highest BCUT2D eigenvalue weighted by atomic mass is 35.5. The van der Waals surface area contributed by atoms with Crippen molar-refractivity contribution in [1.29, 1.82) is 0 Å². The predicted molar refractivity (Wildman–Crippen MR) is 114 cm³/mol. The molecule has 0 aliphatic heterocycles. The number of nitrogens with one attached hydrogen (secondary N) is 1. The first-order chi connectivity index (χ1) is 13.2. The number of halogens is 1. The fraction of sp³-hybridized carbons (Fsp3) is 0.318. The molecular weight excluding hydrogens is 378 g/mol. The summed E-state index contributed by atoms with van der Waals surface area (Å²) in [5.74, 6) is 0.965. The first-order valence-corrected chi connectivity index (χ1v) is 10.8. The lowest BCUT2D eigenvalue weighted by Gasteiger charge is -2.20. The van der Waals surface area contributed by atoms with E-state index >= 15 is 0 Å². The number of thioether (sulfide) groups is 1. The van der Waals surface area contributed by atoms with Gasteiger partial charge in [-0.2, -0.15) is 11.8 Å². The molecule has 1 saturated carbocycles. The quantitative estimate of drug-likeness (QED) is 0.507. The van der Waals surface area contributed by atoms with Gasteiger partial charge in [0, 0.05) is 32.7 Å². The molecule has 1 N–H and O–H groups in total. The van der Waals surface area contributed by atoms with Gasteiger partial charge in [-0.25, -0.2) is 0 Å². The van der Waals surface area contributed by atoms with Crippen LogP contribution in [-0.2, 0) is 5.75 Å². The maximum absolute atomic E-state index is 12.9. The summed E-state index contributed by atoms with van der Waals surface area (Å²) in [5, 5.41) is 5.20. The van der Waals surface area contributed by atoms with Crippen LogP contribution in [0.2, 0.25) is 5.02 Å².